The van der Waals surface area contributed by atoms with Crippen LogP contribution in [0.5, 0.6) is 0 Å². The highest BCUT2D eigenvalue weighted by Gasteiger charge is 2.21. The van der Waals surface area contributed by atoms with Crippen molar-refractivity contribution in [2.24, 2.45) is 0 Å². The number of hydrogen-bond donors (Lipinski definition) is 2. The van der Waals surface area contributed by atoms with Crippen LogP contribution in [0.15, 0.2) is 60.8 Å². The van der Waals surface area contributed by atoms with Gasteiger partial charge < -0.3 is 10.4 Å². The lowest BCUT2D eigenvalue weighted by atomic mass is 10.1. The number of halogens is 1. The summed E-state index contributed by atoms with van der Waals surface area (Å²) in [5.74, 6) is -1.57. The van der Waals surface area contributed by atoms with Crippen LogP contribution in [-0.4, -0.2) is 26.4 Å². The maximum absolute atomic E-state index is 13.3. The average molecular weight is 420 g/mol. The van der Waals surface area contributed by atoms with Crippen molar-refractivity contribution in [2.45, 2.75) is 13.8 Å². The summed E-state index contributed by atoms with van der Waals surface area (Å²) in [7, 11) is 0. The Labute approximate surface area is 177 Å². The number of anilines is 1. The average Bonchev–Trinajstić information content (AvgIpc) is 3.08. The molecule has 0 aliphatic heterocycles. The highest BCUT2D eigenvalue weighted by Crippen LogP contribution is 2.27. The van der Waals surface area contributed by atoms with Gasteiger partial charge >= 0.3 is 5.97 Å². The highest BCUT2D eigenvalue weighted by molar-refractivity contribution is 6.33. The Bertz CT molecular complexity index is 1290. The van der Waals surface area contributed by atoms with Crippen molar-refractivity contribution in [3.8, 4) is 11.3 Å². The molecule has 0 saturated heterocycles. The van der Waals surface area contributed by atoms with Gasteiger partial charge in [0.05, 0.1) is 10.6 Å². The number of carbonyl (C=O) groups is 2. The molecular weight excluding hydrogens is 402 g/mol. The minimum Gasteiger partial charge on any atom is -0.478 e. The summed E-state index contributed by atoms with van der Waals surface area (Å²) >= 11 is 5.93. The normalized spacial score (nSPS) is 10.9. The van der Waals surface area contributed by atoms with E-state index in [4.69, 9.17) is 11.6 Å². The summed E-state index contributed by atoms with van der Waals surface area (Å²) < 4.78 is 1.74. The molecule has 0 spiro atoms. The van der Waals surface area contributed by atoms with E-state index in [1.807, 2.05) is 56.4 Å². The number of nitrogens with one attached hydrogen (secondary N) is 1. The molecule has 1 amide bonds. The van der Waals surface area contributed by atoms with E-state index in [1.165, 1.54) is 12.1 Å². The van der Waals surface area contributed by atoms with E-state index in [2.05, 4.69) is 10.3 Å². The van der Waals surface area contributed by atoms with Crippen LogP contribution in [0, 0.1) is 13.8 Å². The monoisotopic (exact) mass is 419 g/mol. The van der Waals surface area contributed by atoms with Gasteiger partial charge in [-0.25, -0.2) is 9.78 Å². The molecule has 2 heterocycles. The first-order chi connectivity index (χ1) is 14.3. The number of aryl methyl sites for hydroxylation is 2. The molecule has 2 aromatic carbocycles. The van der Waals surface area contributed by atoms with Crippen LogP contribution in [0.3, 0.4) is 0 Å². The second-order valence-electron chi connectivity index (χ2n) is 7.06. The van der Waals surface area contributed by atoms with Crippen molar-refractivity contribution in [1.29, 1.82) is 0 Å². The summed E-state index contributed by atoms with van der Waals surface area (Å²) in [6.45, 7) is 3.93. The smallest absolute Gasteiger partial charge is 0.337 e. The summed E-state index contributed by atoms with van der Waals surface area (Å²) in [6, 6.07) is 15.9. The van der Waals surface area contributed by atoms with Gasteiger partial charge in [0.2, 0.25) is 0 Å². The zero-order valence-corrected chi connectivity index (χ0v) is 17.1. The number of carboxylic acid groups (broad SMARTS) is 1. The van der Waals surface area contributed by atoms with E-state index in [1.54, 1.807) is 10.5 Å². The lowest BCUT2D eigenvalue weighted by Gasteiger charge is -2.09. The third-order valence-corrected chi connectivity index (χ3v) is 5.09. The van der Waals surface area contributed by atoms with Crippen LogP contribution in [-0.2, 0) is 0 Å². The SMILES string of the molecule is Cc1ccc(-c2nc3ccc(C)cn3c2C(=O)Nc2ccc(Cl)c(C(=O)O)c2)cc1. The van der Waals surface area contributed by atoms with Crippen LogP contribution in [0.4, 0.5) is 5.69 Å². The number of fused-ring (bicyclic) bond motifs is 1. The molecule has 6 nitrogen and oxygen atoms in total. The minimum absolute atomic E-state index is 0.0813. The second-order valence-corrected chi connectivity index (χ2v) is 7.47. The number of imidazole rings is 1. The minimum atomic E-state index is -1.16. The summed E-state index contributed by atoms with van der Waals surface area (Å²) in [5, 5.41) is 12.2. The van der Waals surface area contributed by atoms with E-state index >= 15 is 0 Å². The fourth-order valence-electron chi connectivity index (χ4n) is 3.24. The van der Waals surface area contributed by atoms with Crippen molar-refractivity contribution in [1.82, 2.24) is 9.38 Å². The van der Waals surface area contributed by atoms with E-state index in [9.17, 15) is 14.7 Å². The number of benzene rings is 2. The Kier molecular flexibility index (Phi) is 5.01. The van der Waals surface area contributed by atoms with E-state index < -0.39 is 11.9 Å². The third kappa shape index (κ3) is 3.65. The Balaban J connectivity index is 1.82. The molecule has 0 aliphatic carbocycles. The van der Waals surface area contributed by atoms with Crippen molar-refractivity contribution in [3.63, 3.8) is 0 Å². The van der Waals surface area contributed by atoms with Gasteiger partial charge in [-0.05, 0) is 43.7 Å². The topological polar surface area (TPSA) is 83.7 Å². The molecular formula is C23H18ClN3O3. The molecule has 0 bridgehead atoms. The number of amides is 1. The molecule has 2 N–H and O–H groups in total. The number of pyridine rings is 1. The number of rotatable bonds is 4. The molecule has 30 heavy (non-hydrogen) atoms. The van der Waals surface area contributed by atoms with Gasteiger partial charge in [0.1, 0.15) is 17.0 Å². The standard InChI is InChI=1S/C23H18ClN3O3/c1-13-3-6-15(7-4-13)20-21(27-12-14(2)5-10-19(27)26-20)22(28)25-16-8-9-18(24)17(11-16)23(29)30/h3-12H,1-2H3,(H,25,28)(H,29,30). The van der Waals surface area contributed by atoms with Gasteiger partial charge in [-0.1, -0.05) is 47.5 Å². The first-order valence-corrected chi connectivity index (χ1v) is 9.61. The Morgan fingerprint density at radius 1 is 1.00 bits per heavy atom. The fourth-order valence-corrected chi connectivity index (χ4v) is 3.44. The van der Waals surface area contributed by atoms with Gasteiger partial charge in [0.25, 0.3) is 5.91 Å². The molecule has 0 fully saturated rings. The lowest BCUT2D eigenvalue weighted by Crippen LogP contribution is -2.16. The highest BCUT2D eigenvalue weighted by atomic mass is 35.5. The summed E-state index contributed by atoms with van der Waals surface area (Å²) in [6.07, 6.45) is 1.85. The maximum Gasteiger partial charge on any atom is 0.337 e. The molecule has 0 saturated carbocycles. The van der Waals surface area contributed by atoms with Crippen LogP contribution in [0.25, 0.3) is 16.9 Å². The summed E-state index contributed by atoms with van der Waals surface area (Å²) in [5.41, 5.74) is 4.70. The quantitative estimate of drug-likeness (QED) is 0.475. The molecule has 0 aliphatic rings. The van der Waals surface area contributed by atoms with Gasteiger partial charge in [0.15, 0.2) is 0 Å². The molecule has 4 aromatic rings. The molecule has 2 aromatic heterocycles. The molecule has 0 unspecified atom stereocenters. The van der Waals surface area contributed by atoms with Crippen LogP contribution in [0.1, 0.15) is 32.0 Å². The lowest BCUT2D eigenvalue weighted by molar-refractivity contribution is 0.0696. The molecule has 7 heteroatoms. The number of nitrogens with zero attached hydrogens (tertiary/aromatic N) is 2. The predicted molar refractivity (Wildman–Crippen MR) is 116 cm³/mol. The van der Waals surface area contributed by atoms with Gasteiger partial charge in [-0.15, -0.1) is 0 Å². The summed E-state index contributed by atoms with van der Waals surface area (Å²) in [4.78, 5) is 29.3. The number of aromatic nitrogens is 2. The molecule has 0 atom stereocenters. The first kappa shape index (κ1) is 19.7. The molecule has 0 radical (unpaired) electrons. The largest absolute Gasteiger partial charge is 0.478 e. The van der Waals surface area contributed by atoms with Crippen LogP contribution >= 0.6 is 11.6 Å². The van der Waals surface area contributed by atoms with Gasteiger partial charge in [0, 0.05) is 17.4 Å². The second kappa shape index (κ2) is 7.65. The maximum atomic E-state index is 13.3. The van der Waals surface area contributed by atoms with Gasteiger partial charge in [-0.3, -0.25) is 9.20 Å². The molecule has 150 valence electrons. The van der Waals surface area contributed by atoms with Crippen molar-refractivity contribution in [2.75, 3.05) is 5.32 Å². The first-order valence-electron chi connectivity index (χ1n) is 9.23. The Morgan fingerprint density at radius 2 is 1.70 bits per heavy atom. The Hall–Kier alpha value is -3.64. The zero-order valence-electron chi connectivity index (χ0n) is 16.3. The number of aromatic carboxylic acids is 1. The van der Waals surface area contributed by atoms with Crippen molar-refractivity contribution >= 4 is 34.8 Å². The van der Waals surface area contributed by atoms with Crippen LogP contribution < -0.4 is 5.32 Å². The number of carbonyl (C=O) groups excluding carboxylic acids is 1. The number of carboxylic acids is 1. The van der Waals surface area contributed by atoms with E-state index in [0.717, 1.165) is 16.7 Å². The zero-order chi connectivity index (χ0) is 21.4. The Morgan fingerprint density at radius 3 is 2.40 bits per heavy atom. The van der Waals surface area contributed by atoms with Gasteiger partial charge in [-0.2, -0.15) is 0 Å². The van der Waals surface area contributed by atoms with Crippen molar-refractivity contribution < 1.29 is 14.7 Å². The predicted octanol–water partition coefficient (Wildman–Crippen LogP) is 5.22. The fraction of sp³-hybridized carbons (Fsp3) is 0.0870. The number of hydrogen-bond acceptors (Lipinski definition) is 3. The van der Waals surface area contributed by atoms with Crippen LogP contribution in [0.2, 0.25) is 5.02 Å². The van der Waals surface area contributed by atoms with E-state index in [0.29, 0.717) is 22.7 Å². The van der Waals surface area contributed by atoms with Crippen molar-refractivity contribution in [3.05, 3.63) is 88.2 Å². The van der Waals surface area contributed by atoms with E-state index in [-0.39, 0.29) is 10.6 Å². The third-order valence-electron chi connectivity index (χ3n) is 4.76. The molecule has 4 rings (SSSR count).